The third-order valence-corrected chi connectivity index (χ3v) is 4.63. The number of aromatic nitrogens is 1. The van der Waals surface area contributed by atoms with E-state index in [-0.39, 0.29) is 24.0 Å². The first-order chi connectivity index (χ1) is 11.5. The molecule has 0 unspecified atom stereocenters. The second-order valence-corrected chi connectivity index (χ2v) is 6.37. The highest BCUT2D eigenvalue weighted by Crippen LogP contribution is 2.29. The Morgan fingerprint density at radius 1 is 1.29 bits per heavy atom. The lowest BCUT2D eigenvalue weighted by atomic mass is 10.1. The number of amides is 1. The lowest BCUT2D eigenvalue weighted by Crippen LogP contribution is -2.42. The molecule has 0 spiro atoms. The average Bonchev–Trinajstić information content (AvgIpc) is 3.00. The molecule has 8 heteroatoms. The van der Waals surface area contributed by atoms with E-state index in [0.29, 0.717) is 41.9 Å². The molecule has 24 heavy (non-hydrogen) atoms. The van der Waals surface area contributed by atoms with Gasteiger partial charge in [0.1, 0.15) is 11.9 Å². The number of carbonyl (C=O) groups is 1. The summed E-state index contributed by atoms with van der Waals surface area (Å²) in [5, 5.41) is 3.16. The highest BCUT2D eigenvalue weighted by Gasteiger charge is 2.25. The number of benzene rings is 1. The molecule has 1 aromatic carbocycles. The molecule has 1 saturated heterocycles. The average molecular weight is 371 g/mol. The van der Waals surface area contributed by atoms with Gasteiger partial charge in [-0.2, -0.15) is 5.16 Å². The van der Waals surface area contributed by atoms with Crippen molar-refractivity contribution in [3.05, 3.63) is 56.0 Å². The molecule has 1 fully saturated rings. The molecule has 2 aromatic rings. The topological polar surface area (TPSA) is 75.5 Å². The maximum Gasteiger partial charge on any atom is 0.280 e. The van der Waals surface area contributed by atoms with Crippen LogP contribution in [0.5, 0.6) is 0 Å². The molecule has 1 N–H and O–H groups in total. The van der Waals surface area contributed by atoms with Gasteiger partial charge in [0.25, 0.3) is 5.56 Å². The zero-order chi connectivity index (χ0) is 17.1. The minimum atomic E-state index is -0.302. The number of morpholine rings is 1. The molecule has 0 bridgehead atoms. The molecule has 2 heterocycles. The Labute approximate surface area is 148 Å². The number of halogens is 2. The van der Waals surface area contributed by atoms with Crippen molar-refractivity contribution < 1.29 is 14.1 Å². The summed E-state index contributed by atoms with van der Waals surface area (Å²) >= 11 is 12.0. The fourth-order valence-corrected chi connectivity index (χ4v) is 2.93. The Bertz CT molecular complexity index is 786. The van der Waals surface area contributed by atoms with Crippen molar-refractivity contribution in [1.29, 1.82) is 0 Å². The zero-order valence-corrected chi connectivity index (χ0v) is 14.3. The largest absolute Gasteiger partial charge is 0.384 e. The smallest absolute Gasteiger partial charge is 0.280 e. The van der Waals surface area contributed by atoms with Crippen LogP contribution in [0.15, 0.2) is 33.6 Å². The van der Waals surface area contributed by atoms with E-state index in [1.807, 2.05) is 6.07 Å². The van der Waals surface area contributed by atoms with Gasteiger partial charge in [-0.1, -0.05) is 29.3 Å². The molecule has 6 nitrogen and oxygen atoms in total. The summed E-state index contributed by atoms with van der Waals surface area (Å²) in [5.41, 5.74) is 0.585. The van der Waals surface area contributed by atoms with E-state index in [1.165, 1.54) is 6.07 Å². The number of ether oxygens (including phenoxy) is 1. The molecular formula is C16H16Cl2N2O4. The number of H-pyrrole nitrogens is 1. The third-order valence-electron chi connectivity index (χ3n) is 3.89. The SMILES string of the molecule is O=C(CCc1cc(=O)[nH]o1)N1CCO[C@@H](c2ccc(Cl)c(Cl)c2)C1. The summed E-state index contributed by atoms with van der Waals surface area (Å²) in [5.74, 6) is 0.467. The molecular weight excluding hydrogens is 355 g/mol. The van der Waals surface area contributed by atoms with Gasteiger partial charge in [-0.05, 0) is 17.7 Å². The number of nitrogens with one attached hydrogen (secondary N) is 1. The van der Waals surface area contributed by atoms with E-state index in [2.05, 4.69) is 5.16 Å². The van der Waals surface area contributed by atoms with E-state index < -0.39 is 0 Å². The molecule has 128 valence electrons. The molecule has 1 aliphatic rings. The van der Waals surface area contributed by atoms with E-state index in [4.69, 9.17) is 32.5 Å². The molecule has 1 aliphatic heterocycles. The van der Waals surface area contributed by atoms with Gasteiger partial charge >= 0.3 is 0 Å². The number of aromatic amines is 1. The second kappa shape index (κ2) is 7.42. The maximum atomic E-state index is 12.4. The first-order valence-corrected chi connectivity index (χ1v) is 8.30. The van der Waals surface area contributed by atoms with E-state index in [9.17, 15) is 9.59 Å². The molecule has 1 aromatic heterocycles. The first kappa shape index (κ1) is 17.1. The Balaban J connectivity index is 1.60. The molecule has 0 saturated carbocycles. The summed E-state index contributed by atoms with van der Waals surface area (Å²) in [6.07, 6.45) is 0.420. The Morgan fingerprint density at radius 3 is 2.83 bits per heavy atom. The van der Waals surface area contributed by atoms with Crippen LogP contribution in [0.2, 0.25) is 10.0 Å². The van der Waals surface area contributed by atoms with Crippen LogP contribution in [0.3, 0.4) is 0 Å². The summed E-state index contributed by atoms with van der Waals surface area (Å²) < 4.78 is 10.7. The molecule has 3 rings (SSSR count). The fraction of sp³-hybridized carbons (Fsp3) is 0.375. The minimum Gasteiger partial charge on any atom is -0.384 e. The van der Waals surface area contributed by atoms with E-state index in [0.717, 1.165) is 5.56 Å². The molecule has 1 amide bonds. The number of carbonyl (C=O) groups excluding carboxylic acids is 1. The van der Waals surface area contributed by atoms with Crippen molar-refractivity contribution in [3.8, 4) is 0 Å². The predicted octanol–water partition coefficient (Wildman–Crippen LogP) is 2.81. The molecule has 0 aliphatic carbocycles. The minimum absolute atomic E-state index is 0.00721. The Kier molecular flexibility index (Phi) is 5.28. The maximum absolute atomic E-state index is 12.4. The number of hydrogen-bond donors (Lipinski definition) is 1. The number of rotatable bonds is 4. The van der Waals surface area contributed by atoms with Gasteiger partial charge in [0.05, 0.1) is 23.2 Å². The van der Waals surface area contributed by atoms with Crippen LogP contribution < -0.4 is 5.56 Å². The second-order valence-electron chi connectivity index (χ2n) is 5.55. The number of nitrogens with zero attached hydrogens (tertiary/aromatic N) is 1. The lowest BCUT2D eigenvalue weighted by Gasteiger charge is -2.33. The van der Waals surface area contributed by atoms with Gasteiger partial charge in [0, 0.05) is 25.5 Å². The Hall–Kier alpha value is -1.76. The van der Waals surface area contributed by atoms with Crippen LogP contribution in [0, 0.1) is 0 Å². The van der Waals surface area contributed by atoms with Crippen molar-refractivity contribution >= 4 is 29.1 Å². The first-order valence-electron chi connectivity index (χ1n) is 7.54. The van der Waals surface area contributed by atoms with Gasteiger partial charge in [0.15, 0.2) is 0 Å². The van der Waals surface area contributed by atoms with Crippen molar-refractivity contribution in [2.24, 2.45) is 0 Å². The van der Waals surface area contributed by atoms with Gasteiger partial charge in [-0.25, -0.2) is 0 Å². The van der Waals surface area contributed by atoms with Crippen LogP contribution in [0.1, 0.15) is 23.8 Å². The standard InChI is InChI=1S/C16H16Cl2N2O4/c17-12-3-1-10(7-13(12)18)14-9-20(5-6-23-14)16(22)4-2-11-8-15(21)19-24-11/h1,3,7-8,14H,2,4-6,9H2,(H,19,21)/t14-/m1/s1. The monoisotopic (exact) mass is 370 g/mol. The zero-order valence-electron chi connectivity index (χ0n) is 12.8. The summed E-state index contributed by atoms with van der Waals surface area (Å²) in [7, 11) is 0. The van der Waals surface area contributed by atoms with Gasteiger partial charge in [-0.3, -0.25) is 9.59 Å². The molecule has 0 radical (unpaired) electrons. The fourth-order valence-electron chi connectivity index (χ4n) is 2.62. The highest BCUT2D eigenvalue weighted by molar-refractivity contribution is 6.42. The van der Waals surface area contributed by atoms with Gasteiger partial charge in [-0.15, -0.1) is 0 Å². The van der Waals surface area contributed by atoms with Crippen LogP contribution in [-0.2, 0) is 16.0 Å². The van der Waals surface area contributed by atoms with Crippen molar-refractivity contribution in [2.45, 2.75) is 18.9 Å². The van der Waals surface area contributed by atoms with Crippen molar-refractivity contribution in [3.63, 3.8) is 0 Å². The van der Waals surface area contributed by atoms with Crippen molar-refractivity contribution in [1.82, 2.24) is 10.1 Å². The molecule has 1 atom stereocenters. The highest BCUT2D eigenvalue weighted by atomic mass is 35.5. The summed E-state index contributed by atoms with van der Waals surface area (Å²) in [4.78, 5) is 25.1. The van der Waals surface area contributed by atoms with Crippen LogP contribution >= 0.6 is 23.2 Å². The van der Waals surface area contributed by atoms with Gasteiger partial charge in [0.2, 0.25) is 5.91 Å². The summed E-state index contributed by atoms with van der Waals surface area (Å²) in [6.45, 7) is 1.44. The van der Waals surface area contributed by atoms with Crippen LogP contribution in [0.25, 0.3) is 0 Å². The number of hydrogen-bond acceptors (Lipinski definition) is 4. The van der Waals surface area contributed by atoms with Crippen LogP contribution in [0.4, 0.5) is 0 Å². The normalized spacial score (nSPS) is 17.9. The third kappa shape index (κ3) is 4.01. The quantitative estimate of drug-likeness (QED) is 0.897. The van der Waals surface area contributed by atoms with E-state index in [1.54, 1.807) is 17.0 Å². The number of aryl methyl sites for hydroxylation is 1. The lowest BCUT2D eigenvalue weighted by molar-refractivity contribution is -0.139. The van der Waals surface area contributed by atoms with Crippen molar-refractivity contribution in [2.75, 3.05) is 19.7 Å². The van der Waals surface area contributed by atoms with E-state index >= 15 is 0 Å². The van der Waals surface area contributed by atoms with Crippen LogP contribution in [-0.4, -0.2) is 35.7 Å². The predicted molar refractivity (Wildman–Crippen MR) is 89.4 cm³/mol. The van der Waals surface area contributed by atoms with Gasteiger partial charge < -0.3 is 14.2 Å². The summed E-state index contributed by atoms with van der Waals surface area (Å²) in [6, 6.07) is 6.68. The Morgan fingerprint density at radius 2 is 2.12 bits per heavy atom.